The molecule has 0 fully saturated rings. The fourth-order valence-corrected chi connectivity index (χ4v) is 4.00. The van der Waals surface area contributed by atoms with Gasteiger partial charge in [-0.1, -0.05) is 66.7 Å². The van der Waals surface area contributed by atoms with Gasteiger partial charge in [0.2, 0.25) is 5.43 Å². The molecule has 1 atom stereocenters. The molecule has 5 rings (SSSR count). The first-order chi connectivity index (χ1) is 16.2. The molecule has 1 amide bonds. The Hall–Kier alpha value is -4.26. The van der Waals surface area contributed by atoms with Crippen molar-refractivity contribution >= 4 is 5.91 Å². The van der Waals surface area contributed by atoms with Crippen molar-refractivity contribution in [3.8, 4) is 5.75 Å². The Morgan fingerprint density at radius 2 is 1.58 bits per heavy atom. The summed E-state index contributed by atoms with van der Waals surface area (Å²) >= 11 is 0. The van der Waals surface area contributed by atoms with Crippen molar-refractivity contribution in [2.75, 3.05) is 6.54 Å². The van der Waals surface area contributed by atoms with E-state index in [0.29, 0.717) is 13.1 Å². The van der Waals surface area contributed by atoms with E-state index in [1.54, 1.807) is 15.8 Å². The van der Waals surface area contributed by atoms with Crippen LogP contribution in [0.5, 0.6) is 5.75 Å². The molecular weight excluding hydrogens is 416 g/mol. The molecule has 2 aromatic carbocycles. The molecule has 0 saturated heterocycles. The molecule has 164 valence electrons. The predicted octanol–water partition coefficient (Wildman–Crippen LogP) is 3.46. The summed E-state index contributed by atoms with van der Waals surface area (Å²) in [6.07, 6.45) is 2.92. The Morgan fingerprint density at radius 1 is 0.879 bits per heavy atom. The van der Waals surface area contributed by atoms with E-state index < -0.39 is 5.43 Å². The number of rotatable bonds is 6. The number of carbonyl (C=O) groups is 1. The van der Waals surface area contributed by atoms with Gasteiger partial charge in [-0.05, 0) is 23.3 Å². The number of benzene rings is 2. The Labute approximate surface area is 190 Å². The van der Waals surface area contributed by atoms with E-state index in [1.165, 1.54) is 6.20 Å². The number of hydrogen-bond donors (Lipinski definition) is 0. The Balaban J connectivity index is 1.57. The molecule has 2 aromatic heterocycles. The number of hydrogen-bond acceptors (Lipinski definition) is 5. The number of ether oxygens (including phenoxy) is 1. The summed E-state index contributed by atoms with van der Waals surface area (Å²) in [4.78, 5) is 32.6. The van der Waals surface area contributed by atoms with Crippen molar-refractivity contribution in [1.82, 2.24) is 19.7 Å². The smallest absolute Gasteiger partial charge is 0.276 e. The van der Waals surface area contributed by atoms with E-state index in [-0.39, 0.29) is 30.0 Å². The van der Waals surface area contributed by atoms with Gasteiger partial charge in [-0.25, -0.2) is 4.68 Å². The lowest BCUT2D eigenvalue weighted by Gasteiger charge is -2.35. The molecule has 0 aliphatic carbocycles. The van der Waals surface area contributed by atoms with Crippen LogP contribution < -0.4 is 10.2 Å². The quantitative estimate of drug-likeness (QED) is 0.461. The second-order valence-corrected chi connectivity index (χ2v) is 7.85. The normalized spacial score (nSPS) is 15.2. The molecule has 0 spiro atoms. The molecule has 0 bridgehead atoms. The third-order valence-corrected chi connectivity index (χ3v) is 5.62. The van der Waals surface area contributed by atoms with Gasteiger partial charge in [0.25, 0.3) is 5.91 Å². The van der Waals surface area contributed by atoms with Crippen LogP contribution in [0.3, 0.4) is 0 Å². The molecule has 3 heterocycles. The number of amides is 1. The summed E-state index contributed by atoms with van der Waals surface area (Å²) in [5, 5.41) is 4.32. The highest BCUT2D eigenvalue weighted by molar-refractivity contribution is 5.96. The second-order valence-electron chi connectivity index (χ2n) is 7.85. The summed E-state index contributed by atoms with van der Waals surface area (Å²) in [6.45, 7) is 0.962. The molecule has 1 unspecified atom stereocenters. The molecule has 0 radical (unpaired) electrons. The molecule has 0 saturated carbocycles. The summed E-state index contributed by atoms with van der Waals surface area (Å²) in [7, 11) is 0. The van der Waals surface area contributed by atoms with Crippen LogP contribution in [0, 0.1) is 0 Å². The lowest BCUT2D eigenvalue weighted by atomic mass is 10.1. The van der Waals surface area contributed by atoms with Gasteiger partial charge in [-0.2, -0.15) is 5.10 Å². The summed E-state index contributed by atoms with van der Waals surface area (Å²) < 4.78 is 7.51. The minimum Gasteiger partial charge on any atom is -0.482 e. The maximum atomic E-state index is 13.6. The molecular formula is C26H22N4O3. The monoisotopic (exact) mass is 438 g/mol. The van der Waals surface area contributed by atoms with Crippen molar-refractivity contribution in [2.24, 2.45) is 0 Å². The van der Waals surface area contributed by atoms with Gasteiger partial charge in [-0.15, -0.1) is 0 Å². The second kappa shape index (κ2) is 9.08. The highest BCUT2D eigenvalue weighted by Crippen LogP contribution is 2.29. The van der Waals surface area contributed by atoms with Crippen LogP contribution in [-0.4, -0.2) is 32.1 Å². The van der Waals surface area contributed by atoms with Crippen molar-refractivity contribution in [1.29, 1.82) is 0 Å². The van der Waals surface area contributed by atoms with Crippen molar-refractivity contribution in [3.63, 3.8) is 0 Å². The van der Waals surface area contributed by atoms with Gasteiger partial charge in [0, 0.05) is 19.3 Å². The fraction of sp³-hybridized carbons (Fsp3) is 0.154. The predicted molar refractivity (Wildman–Crippen MR) is 123 cm³/mol. The van der Waals surface area contributed by atoms with Crippen molar-refractivity contribution < 1.29 is 9.53 Å². The van der Waals surface area contributed by atoms with E-state index in [1.807, 2.05) is 78.9 Å². The molecule has 0 N–H and O–H groups in total. The Bertz CT molecular complexity index is 1310. The Morgan fingerprint density at radius 3 is 2.27 bits per heavy atom. The third-order valence-electron chi connectivity index (χ3n) is 5.62. The molecule has 7 heteroatoms. The molecule has 1 aliphatic rings. The van der Waals surface area contributed by atoms with Crippen molar-refractivity contribution in [3.05, 3.63) is 124 Å². The van der Waals surface area contributed by atoms with Crippen LogP contribution >= 0.6 is 0 Å². The zero-order valence-corrected chi connectivity index (χ0v) is 17.9. The van der Waals surface area contributed by atoms with Crippen LogP contribution in [0.4, 0.5) is 0 Å². The largest absolute Gasteiger partial charge is 0.482 e. The minimum absolute atomic E-state index is 0.0116. The SMILES string of the molecule is O=C1c2c(OCc3ccccc3)c(=O)cnn2C(c2ccccn2)CN1Cc1ccccc1. The van der Waals surface area contributed by atoms with Crippen LogP contribution in [0.2, 0.25) is 0 Å². The first-order valence-corrected chi connectivity index (χ1v) is 10.7. The maximum absolute atomic E-state index is 13.6. The van der Waals surface area contributed by atoms with Gasteiger partial charge >= 0.3 is 0 Å². The van der Waals surface area contributed by atoms with E-state index in [2.05, 4.69) is 10.1 Å². The van der Waals surface area contributed by atoms with E-state index >= 15 is 0 Å². The topological polar surface area (TPSA) is 77.3 Å². The van der Waals surface area contributed by atoms with Gasteiger partial charge in [-0.3, -0.25) is 14.6 Å². The summed E-state index contributed by atoms with van der Waals surface area (Å²) in [5.74, 6) is -0.281. The first-order valence-electron chi connectivity index (χ1n) is 10.7. The molecule has 1 aliphatic heterocycles. The molecule has 33 heavy (non-hydrogen) atoms. The van der Waals surface area contributed by atoms with Crippen LogP contribution in [0.15, 0.2) is 96.1 Å². The number of aromatic nitrogens is 3. The van der Waals surface area contributed by atoms with E-state index in [4.69, 9.17) is 4.74 Å². The van der Waals surface area contributed by atoms with Gasteiger partial charge in [0.1, 0.15) is 12.6 Å². The number of nitrogens with zero attached hydrogens (tertiary/aromatic N) is 4. The zero-order valence-electron chi connectivity index (χ0n) is 17.9. The maximum Gasteiger partial charge on any atom is 0.276 e. The number of fused-ring (bicyclic) bond motifs is 1. The van der Waals surface area contributed by atoms with Crippen LogP contribution in [0.1, 0.15) is 33.4 Å². The lowest BCUT2D eigenvalue weighted by molar-refractivity contribution is 0.0644. The van der Waals surface area contributed by atoms with Gasteiger partial charge in [0.15, 0.2) is 11.4 Å². The summed E-state index contributed by atoms with van der Waals surface area (Å²) in [5.41, 5.74) is 2.38. The minimum atomic E-state index is -0.424. The zero-order chi connectivity index (χ0) is 22.6. The number of pyridine rings is 1. The standard InChI is InChI=1S/C26H22N4O3/c31-23-15-28-30-22(21-13-7-8-14-27-21)17-29(16-19-9-3-1-4-10-19)26(32)24(30)25(23)33-18-20-11-5-2-6-12-20/h1-15,22H,16-18H2. The van der Waals surface area contributed by atoms with Crippen LogP contribution in [-0.2, 0) is 13.2 Å². The lowest BCUT2D eigenvalue weighted by Crippen LogP contribution is -2.45. The average molecular weight is 438 g/mol. The molecule has 4 aromatic rings. The Kier molecular flexibility index (Phi) is 5.68. The summed E-state index contributed by atoms with van der Waals surface area (Å²) in [6, 6.07) is 24.6. The highest BCUT2D eigenvalue weighted by atomic mass is 16.5. The molecule has 7 nitrogen and oxygen atoms in total. The number of carbonyl (C=O) groups excluding carboxylic acids is 1. The average Bonchev–Trinajstić information content (AvgIpc) is 2.87. The van der Waals surface area contributed by atoms with Crippen molar-refractivity contribution in [2.45, 2.75) is 19.2 Å². The fourth-order valence-electron chi connectivity index (χ4n) is 4.00. The highest BCUT2D eigenvalue weighted by Gasteiger charge is 2.36. The van der Waals surface area contributed by atoms with E-state index in [0.717, 1.165) is 16.8 Å². The van der Waals surface area contributed by atoms with Gasteiger partial charge < -0.3 is 9.64 Å². The van der Waals surface area contributed by atoms with Crippen LogP contribution in [0.25, 0.3) is 0 Å². The van der Waals surface area contributed by atoms with E-state index in [9.17, 15) is 9.59 Å². The third kappa shape index (κ3) is 4.25. The first kappa shape index (κ1) is 20.6. The van der Waals surface area contributed by atoms with Gasteiger partial charge in [0.05, 0.1) is 11.9 Å².